The molecular formula is C21H32N3O2+. The molecule has 0 aromatic heterocycles. The van der Waals surface area contributed by atoms with Gasteiger partial charge in [-0.1, -0.05) is 25.0 Å². The summed E-state index contributed by atoms with van der Waals surface area (Å²) in [6, 6.07) is 8.15. The van der Waals surface area contributed by atoms with Crippen LogP contribution < -0.4 is 10.2 Å². The Balaban J connectivity index is 1.54. The molecule has 2 fully saturated rings. The average Bonchev–Trinajstić information content (AvgIpc) is 2.67. The van der Waals surface area contributed by atoms with Crippen LogP contribution >= 0.6 is 0 Å². The SMILES string of the molecule is CNC(=O)c1ccc(C[NH+](C)CC(=O)N2CCC[C@H]3CCCC[C@@H]32)cc1. The van der Waals surface area contributed by atoms with Crippen LogP contribution in [0.15, 0.2) is 24.3 Å². The summed E-state index contributed by atoms with van der Waals surface area (Å²) >= 11 is 0. The van der Waals surface area contributed by atoms with E-state index in [9.17, 15) is 9.59 Å². The van der Waals surface area contributed by atoms with E-state index >= 15 is 0 Å². The van der Waals surface area contributed by atoms with E-state index in [4.69, 9.17) is 0 Å². The van der Waals surface area contributed by atoms with Gasteiger partial charge in [0.15, 0.2) is 6.54 Å². The lowest BCUT2D eigenvalue weighted by Crippen LogP contribution is -3.09. The number of quaternary nitrogens is 1. The fourth-order valence-electron chi connectivity index (χ4n) is 4.62. The first-order valence-electron chi connectivity index (χ1n) is 10.00. The van der Waals surface area contributed by atoms with Gasteiger partial charge in [0.2, 0.25) is 0 Å². The number of hydrogen-bond donors (Lipinski definition) is 2. The topological polar surface area (TPSA) is 53.9 Å². The third kappa shape index (κ3) is 4.44. The van der Waals surface area contributed by atoms with Gasteiger partial charge in [-0.05, 0) is 43.7 Å². The van der Waals surface area contributed by atoms with Gasteiger partial charge in [0.05, 0.1) is 7.05 Å². The van der Waals surface area contributed by atoms with Gasteiger partial charge in [0, 0.05) is 30.8 Å². The fraction of sp³-hybridized carbons (Fsp3) is 0.619. The second-order valence-electron chi connectivity index (χ2n) is 7.93. The van der Waals surface area contributed by atoms with Gasteiger partial charge >= 0.3 is 0 Å². The molecule has 1 saturated heterocycles. The molecule has 2 N–H and O–H groups in total. The molecule has 1 aromatic rings. The second-order valence-corrected chi connectivity index (χ2v) is 7.93. The zero-order valence-corrected chi connectivity index (χ0v) is 16.1. The summed E-state index contributed by atoms with van der Waals surface area (Å²) in [7, 11) is 3.71. The van der Waals surface area contributed by atoms with E-state index in [1.165, 1.54) is 37.0 Å². The molecule has 5 heteroatoms. The van der Waals surface area contributed by atoms with E-state index in [1.807, 2.05) is 24.3 Å². The Morgan fingerprint density at radius 3 is 2.54 bits per heavy atom. The summed E-state index contributed by atoms with van der Waals surface area (Å²) in [6.45, 7) is 2.27. The number of fused-ring (bicyclic) bond motifs is 1. The first kappa shape index (κ1) is 18.9. The highest BCUT2D eigenvalue weighted by molar-refractivity contribution is 5.93. The fourth-order valence-corrected chi connectivity index (χ4v) is 4.62. The van der Waals surface area contributed by atoms with Gasteiger partial charge < -0.3 is 15.1 Å². The highest BCUT2D eigenvalue weighted by atomic mass is 16.2. The van der Waals surface area contributed by atoms with E-state index in [-0.39, 0.29) is 5.91 Å². The van der Waals surface area contributed by atoms with Crippen LogP contribution in [0, 0.1) is 5.92 Å². The summed E-state index contributed by atoms with van der Waals surface area (Å²) < 4.78 is 0. The van der Waals surface area contributed by atoms with Crippen molar-refractivity contribution in [2.24, 2.45) is 5.92 Å². The molecule has 1 aliphatic heterocycles. The summed E-state index contributed by atoms with van der Waals surface area (Å²) in [5.74, 6) is 0.972. The molecule has 1 heterocycles. The lowest BCUT2D eigenvalue weighted by molar-refractivity contribution is -0.885. The van der Waals surface area contributed by atoms with Gasteiger partial charge in [-0.2, -0.15) is 0 Å². The maximum atomic E-state index is 12.9. The number of benzene rings is 1. The van der Waals surface area contributed by atoms with Crippen LogP contribution in [0.4, 0.5) is 0 Å². The van der Waals surface area contributed by atoms with Crippen LogP contribution in [0.1, 0.15) is 54.4 Å². The van der Waals surface area contributed by atoms with E-state index < -0.39 is 0 Å². The highest BCUT2D eigenvalue weighted by Crippen LogP contribution is 2.35. The molecule has 2 aliphatic rings. The molecule has 1 saturated carbocycles. The molecule has 3 atom stereocenters. The van der Waals surface area contributed by atoms with Crippen LogP contribution in [-0.2, 0) is 11.3 Å². The normalized spacial score (nSPS) is 23.8. The maximum absolute atomic E-state index is 12.9. The second kappa shape index (κ2) is 8.67. The van der Waals surface area contributed by atoms with Crippen molar-refractivity contribution in [1.82, 2.24) is 10.2 Å². The summed E-state index contributed by atoms with van der Waals surface area (Å²) in [6.07, 6.45) is 7.55. The van der Waals surface area contributed by atoms with Gasteiger partial charge in [-0.25, -0.2) is 0 Å². The van der Waals surface area contributed by atoms with Gasteiger partial charge in [-0.3, -0.25) is 9.59 Å². The van der Waals surface area contributed by atoms with Crippen molar-refractivity contribution in [3.05, 3.63) is 35.4 Å². The molecule has 142 valence electrons. The molecule has 1 unspecified atom stereocenters. The first-order chi connectivity index (χ1) is 12.6. The van der Waals surface area contributed by atoms with Gasteiger partial charge in [-0.15, -0.1) is 0 Å². The van der Waals surface area contributed by atoms with E-state index in [0.29, 0.717) is 24.1 Å². The number of piperidine rings is 1. The maximum Gasteiger partial charge on any atom is 0.278 e. The van der Waals surface area contributed by atoms with Crippen LogP contribution in [0.2, 0.25) is 0 Å². The summed E-state index contributed by atoms with van der Waals surface area (Å²) in [5.41, 5.74) is 1.82. The highest BCUT2D eigenvalue weighted by Gasteiger charge is 2.36. The molecule has 5 nitrogen and oxygen atoms in total. The Labute approximate surface area is 156 Å². The predicted octanol–water partition coefficient (Wildman–Crippen LogP) is 1.24. The number of likely N-dealkylation sites (tertiary alicyclic amines) is 1. The molecule has 26 heavy (non-hydrogen) atoms. The third-order valence-corrected chi connectivity index (χ3v) is 5.97. The predicted molar refractivity (Wildman–Crippen MR) is 102 cm³/mol. The lowest BCUT2D eigenvalue weighted by Gasteiger charge is -2.44. The minimum absolute atomic E-state index is 0.0698. The van der Waals surface area contributed by atoms with Crippen LogP contribution in [-0.4, -0.2) is 49.9 Å². The Morgan fingerprint density at radius 1 is 1.12 bits per heavy atom. The Hall–Kier alpha value is -1.88. The number of amides is 2. The Kier molecular flexibility index (Phi) is 6.30. The molecule has 0 radical (unpaired) electrons. The molecule has 3 rings (SSSR count). The Morgan fingerprint density at radius 2 is 1.81 bits per heavy atom. The third-order valence-electron chi connectivity index (χ3n) is 5.97. The standard InChI is InChI=1S/C21H31N3O2/c1-22-21(26)18-11-9-16(10-12-18)14-23(2)15-20(25)24-13-5-7-17-6-3-4-8-19(17)24/h9-12,17,19H,3-8,13-15H2,1-2H3,(H,22,26)/p+1/t17-,19+/m1/s1. The van der Waals surface area contributed by atoms with Crippen molar-refractivity contribution in [2.75, 3.05) is 27.2 Å². The lowest BCUT2D eigenvalue weighted by atomic mass is 9.78. The van der Waals surface area contributed by atoms with Crippen molar-refractivity contribution in [3.63, 3.8) is 0 Å². The largest absolute Gasteiger partial charge is 0.355 e. The van der Waals surface area contributed by atoms with Crippen LogP contribution in [0.5, 0.6) is 0 Å². The summed E-state index contributed by atoms with van der Waals surface area (Å²) in [5, 5.41) is 2.63. The Bertz CT molecular complexity index is 627. The minimum atomic E-state index is -0.0698. The molecule has 0 spiro atoms. The molecule has 1 aliphatic carbocycles. The number of hydrogen-bond acceptors (Lipinski definition) is 2. The van der Waals surface area contributed by atoms with Gasteiger partial charge in [0.1, 0.15) is 6.54 Å². The van der Waals surface area contributed by atoms with E-state index in [1.54, 1.807) is 7.05 Å². The van der Waals surface area contributed by atoms with Crippen molar-refractivity contribution >= 4 is 11.8 Å². The number of carbonyl (C=O) groups excluding carboxylic acids is 2. The van der Waals surface area contributed by atoms with Crippen molar-refractivity contribution < 1.29 is 14.5 Å². The van der Waals surface area contributed by atoms with Crippen LogP contribution in [0.3, 0.4) is 0 Å². The quantitative estimate of drug-likeness (QED) is 0.832. The molecule has 1 aromatic carbocycles. The average molecular weight is 359 g/mol. The van der Waals surface area contributed by atoms with Crippen molar-refractivity contribution in [1.29, 1.82) is 0 Å². The van der Waals surface area contributed by atoms with Gasteiger partial charge in [0.25, 0.3) is 11.8 Å². The number of carbonyl (C=O) groups is 2. The zero-order valence-electron chi connectivity index (χ0n) is 16.1. The first-order valence-corrected chi connectivity index (χ1v) is 10.00. The van der Waals surface area contributed by atoms with Crippen molar-refractivity contribution in [2.45, 2.75) is 51.1 Å². The smallest absolute Gasteiger partial charge is 0.278 e. The number of likely N-dealkylation sites (N-methyl/N-ethyl adjacent to an activating group) is 1. The molecule has 0 bridgehead atoms. The molecule has 2 amide bonds. The summed E-state index contributed by atoms with van der Waals surface area (Å²) in [4.78, 5) is 27.9. The zero-order chi connectivity index (χ0) is 18.5. The monoisotopic (exact) mass is 358 g/mol. The number of nitrogens with one attached hydrogen (secondary N) is 2. The van der Waals surface area contributed by atoms with Crippen molar-refractivity contribution in [3.8, 4) is 0 Å². The number of nitrogens with zero attached hydrogens (tertiary/aromatic N) is 1. The molecular weight excluding hydrogens is 326 g/mol. The van der Waals surface area contributed by atoms with E-state index in [2.05, 4.69) is 17.3 Å². The van der Waals surface area contributed by atoms with E-state index in [0.717, 1.165) is 31.0 Å². The van der Waals surface area contributed by atoms with Crippen LogP contribution in [0.25, 0.3) is 0 Å². The minimum Gasteiger partial charge on any atom is -0.355 e. The number of rotatable bonds is 5.